The van der Waals surface area contributed by atoms with Crippen LogP contribution in [-0.2, 0) is 10.0 Å². The molecule has 4 nitrogen and oxygen atoms in total. The summed E-state index contributed by atoms with van der Waals surface area (Å²) in [6.45, 7) is 6.81. The normalized spacial score (nSPS) is 11.8. The summed E-state index contributed by atoms with van der Waals surface area (Å²) in [5.74, 6) is -0.291. The van der Waals surface area contributed by atoms with E-state index in [2.05, 4.69) is 5.32 Å². The standard InChI is InChI=1S/C14H23FN2O2S/c1-4-17(14-8-6-13(15)7-9-14)20(18,19)11-5-10-16-12(2)3/h6-9,12,16H,4-5,10-11H2,1-3H3. The fourth-order valence-electron chi connectivity index (χ4n) is 1.90. The van der Waals surface area contributed by atoms with Gasteiger partial charge in [-0.1, -0.05) is 13.8 Å². The monoisotopic (exact) mass is 302 g/mol. The first kappa shape index (κ1) is 16.9. The fourth-order valence-corrected chi connectivity index (χ4v) is 3.47. The summed E-state index contributed by atoms with van der Waals surface area (Å²) in [6.07, 6.45) is 0.554. The molecule has 0 aliphatic carbocycles. The lowest BCUT2D eigenvalue weighted by Crippen LogP contribution is -2.34. The predicted molar refractivity (Wildman–Crippen MR) is 81.0 cm³/mol. The van der Waals surface area contributed by atoms with Gasteiger partial charge in [-0.2, -0.15) is 0 Å². The number of sulfonamides is 1. The third kappa shape index (κ3) is 5.09. The second-order valence-electron chi connectivity index (χ2n) is 4.92. The fraction of sp³-hybridized carbons (Fsp3) is 0.571. The molecule has 114 valence electrons. The minimum atomic E-state index is -3.37. The number of benzene rings is 1. The molecule has 20 heavy (non-hydrogen) atoms. The van der Waals surface area contributed by atoms with Gasteiger partial charge in [0.05, 0.1) is 11.4 Å². The van der Waals surface area contributed by atoms with Gasteiger partial charge < -0.3 is 5.32 Å². The molecule has 0 amide bonds. The number of rotatable bonds is 8. The SMILES string of the molecule is CCN(c1ccc(F)cc1)S(=O)(=O)CCCNC(C)C. The molecule has 0 atom stereocenters. The molecule has 0 radical (unpaired) electrons. The summed E-state index contributed by atoms with van der Waals surface area (Å²) in [5, 5.41) is 3.19. The summed E-state index contributed by atoms with van der Waals surface area (Å²) in [7, 11) is -3.37. The van der Waals surface area contributed by atoms with Gasteiger partial charge in [-0.25, -0.2) is 12.8 Å². The van der Waals surface area contributed by atoms with Crippen LogP contribution in [0.15, 0.2) is 24.3 Å². The Morgan fingerprint density at radius 2 is 1.85 bits per heavy atom. The lowest BCUT2D eigenvalue weighted by Gasteiger charge is -2.23. The molecular weight excluding hydrogens is 279 g/mol. The molecule has 0 heterocycles. The molecule has 1 rings (SSSR count). The van der Waals surface area contributed by atoms with Crippen LogP contribution in [0, 0.1) is 5.82 Å². The molecule has 0 fully saturated rings. The van der Waals surface area contributed by atoms with Crippen molar-refractivity contribution >= 4 is 15.7 Å². The largest absolute Gasteiger partial charge is 0.314 e. The van der Waals surface area contributed by atoms with Crippen LogP contribution in [0.3, 0.4) is 0 Å². The van der Waals surface area contributed by atoms with Gasteiger partial charge in [0.15, 0.2) is 0 Å². The number of hydrogen-bond donors (Lipinski definition) is 1. The summed E-state index contributed by atoms with van der Waals surface area (Å²) >= 11 is 0. The Bertz CT molecular complexity index is 500. The maximum absolute atomic E-state index is 12.9. The average molecular weight is 302 g/mol. The second-order valence-corrected chi connectivity index (χ2v) is 6.93. The van der Waals surface area contributed by atoms with Crippen LogP contribution in [0.25, 0.3) is 0 Å². The van der Waals surface area contributed by atoms with Crippen LogP contribution in [-0.4, -0.2) is 33.3 Å². The molecule has 1 aromatic rings. The van der Waals surface area contributed by atoms with Crippen LogP contribution < -0.4 is 9.62 Å². The van der Waals surface area contributed by atoms with Gasteiger partial charge in [0.2, 0.25) is 10.0 Å². The first-order valence-corrected chi connectivity index (χ1v) is 8.47. The topological polar surface area (TPSA) is 49.4 Å². The number of halogens is 1. The Morgan fingerprint density at radius 3 is 2.35 bits per heavy atom. The Morgan fingerprint density at radius 1 is 1.25 bits per heavy atom. The van der Waals surface area contributed by atoms with Crippen molar-refractivity contribution in [2.24, 2.45) is 0 Å². The summed E-state index contributed by atoms with van der Waals surface area (Å²) in [6, 6.07) is 5.87. The Hall–Kier alpha value is -1.14. The Labute approximate surface area is 121 Å². The van der Waals surface area contributed by atoms with E-state index in [-0.39, 0.29) is 11.6 Å². The minimum absolute atomic E-state index is 0.0813. The van der Waals surface area contributed by atoms with Crippen LogP contribution in [0.2, 0.25) is 0 Å². The molecule has 0 saturated carbocycles. The smallest absolute Gasteiger partial charge is 0.235 e. The van der Waals surface area contributed by atoms with Gasteiger partial charge in [-0.3, -0.25) is 4.31 Å². The molecule has 0 aliphatic rings. The highest BCUT2D eigenvalue weighted by Gasteiger charge is 2.20. The number of nitrogens with one attached hydrogen (secondary N) is 1. The molecule has 0 bridgehead atoms. The molecule has 6 heteroatoms. The Balaban J connectivity index is 2.69. The maximum atomic E-state index is 12.9. The highest BCUT2D eigenvalue weighted by atomic mass is 32.2. The molecule has 1 aromatic carbocycles. The zero-order valence-electron chi connectivity index (χ0n) is 12.3. The van der Waals surface area contributed by atoms with Gasteiger partial charge in [-0.15, -0.1) is 0 Å². The van der Waals surface area contributed by atoms with Crippen molar-refractivity contribution in [2.75, 3.05) is 23.1 Å². The highest BCUT2D eigenvalue weighted by Crippen LogP contribution is 2.18. The van der Waals surface area contributed by atoms with Crippen molar-refractivity contribution in [1.82, 2.24) is 5.32 Å². The number of anilines is 1. The molecule has 0 spiro atoms. The van der Waals surface area contributed by atoms with Crippen LogP contribution >= 0.6 is 0 Å². The number of nitrogens with zero attached hydrogens (tertiary/aromatic N) is 1. The van der Waals surface area contributed by atoms with Crippen molar-refractivity contribution in [3.63, 3.8) is 0 Å². The average Bonchev–Trinajstić information content (AvgIpc) is 2.37. The molecule has 0 aromatic heterocycles. The molecule has 1 N–H and O–H groups in total. The lowest BCUT2D eigenvalue weighted by molar-refractivity contribution is 0.566. The van der Waals surface area contributed by atoms with Crippen molar-refractivity contribution in [3.8, 4) is 0 Å². The third-order valence-corrected chi connectivity index (χ3v) is 4.81. The molecular formula is C14H23FN2O2S. The van der Waals surface area contributed by atoms with E-state index in [1.807, 2.05) is 13.8 Å². The zero-order valence-corrected chi connectivity index (χ0v) is 13.1. The van der Waals surface area contributed by atoms with Crippen LogP contribution in [0.5, 0.6) is 0 Å². The van der Waals surface area contributed by atoms with Crippen LogP contribution in [0.1, 0.15) is 27.2 Å². The van der Waals surface area contributed by atoms with Crippen LogP contribution in [0.4, 0.5) is 10.1 Å². The predicted octanol–water partition coefficient (Wildman–Crippen LogP) is 2.37. The van der Waals surface area contributed by atoms with Gasteiger partial charge in [0.1, 0.15) is 5.82 Å². The van der Waals surface area contributed by atoms with Crippen molar-refractivity contribution in [2.45, 2.75) is 33.2 Å². The first-order valence-electron chi connectivity index (χ1n) is 6.86. The summed E-state index contributed by atoms with van der Waals surface area (Å²) in [5.41, 5.74) is 0.505. The molecule has 0 saturated heterocycles. The zero-order chi connectivity index (χ0) is 15.2. The number of hydrogen-bond acceptors (Lipinski definition) is 3. The van der Waals surface area contributed by atoms with E-state index in [0.29, 0.717) is 31.2 Å². The minimum Gasteiger partial charge on any atom is -0.314 e. The molecule has 0 aliphatic heterocycles. The van der Waals surface area contributed by atoms with E-state index in [1.165, 1.54) is 28.6 Å². The maximum Gasteiger partial charge on any atom is 0.235 e. The summed E-state index contributed by atoms with van der Waals surface area (Å²) < 4.78 is 38.8. The van der Waals surface area contributed by atoms with Gasteiger partial charge in [0, 0.05) is 12.6 Å². The molecule has 0 unspecified atom stereocenters. The van der Waals surface area contributed by atoms with E-state index in [4.69, 9.17) is 0 Å². The Kier molecular flexibility index (Phi) is 6.42. The van der Waals surface area contributed by atoms with Crippen molar-refractivity contribution in [1.29, 1.82) is 0 Å². The lowest BCUT2D eigenvalue weighted by atomic mass is 10.3. The highest BCUT2D eigenvalue weighted by molar-refractivity contribution is 7.92. The van der Waals surface area contributed by atoms with E-state index in [0.717, 1.165) is 0 Å². The van der Waals surface area contributed by atoms with E-state index in [9.17, 15) is 12.8 Å². The van der Waals surface area contributed by atoms with Crippen molar-refractivity contribution < 1.29 is 12.8 Å². The van der Waals surface area contributed by atoms with Gasteiger partial charge in [0.25, 0.3) is 0 Å². The quantitative estimate of drug-likeness (QED) is 0.750. The van der Waals surface area contributed by atoms with E-state index >= 15 is 0 Å². The third-order valence-electron chi connectivity index (χ3n) is 2.87. The van der Waals surface area contributed by atoms with E-state index in [1.54, 1.807) is 6.92 Å². The summed E-state index contributed by atoms with van der Waals surface area (Å²) in [4.78, 5) is 0. The van der Waals surface area contributed by atoms with Crippen molar-refractivity contribution in [3.05, 3.63) is 30.1 Å². The van der Waals surface area contributed by atoms with Gasteiger partial charge in [-0.05, 0) is 44.2 Å². The van der Waals surface area contributed by atoms with Gasteiger partial charge >= 0.3 is 0 Å². The van der Waals surface area contributed by atoms with E-state index < -0.39 is 10.0 Å². The second kappa shape index (κ2) is 7.59. The first-order chi connectivity index (χ1) is 9.36.